The van der Waals surface area contributed by atoms with Gasteiger partial charge < -0.3 is 0 Å². The Labute approximate surface area is 76.2 Å². The van der Waals surface area contributed by atoms with E-state index in [2.05, 4.69) is 34.8 Å². The fourth-order valence-corrected chi connectivity index (χ4v) is 3.16. The van der Waals surface area contributed by atoms with E-state index in [9.17, 15) is 4.79 Å². The molecule has 68 valence electrons. The van der Waals surface area contributed by atoms with Crippen molar-refractivity contribution < 1.29 is 0 Å². The smallest absolute Gasteiger partial charge is 0.284 e. The highest BCUT2D eigenvalue weighted by atomic mass is 32.2. The zero-order valence-corrected chi connectivity index (χ0v) is 9.29. The van der Waals surface area contributed by atoms with Crippen LogP contribution in [0.25, 0.3) is 0 Å². The molecule has 0 saturated heterocycles. The number of hydrogen-bond donors (Lipinski definition) is 2. The largest absolute Gasteiger partial charge is 0.341 e. The second-order valence-electron chi connectivity index (χ2n) is 3.83. The maximum Gasteiger partial charge on any atom is 0.341 e. The average molecular weight is 203 g/mol. The Morgan fingerprint density at radius 1 is 1.50 bits per heavy atom. The van der Waals surface area contributed by atoms with Gasteiger partial charge in [0.25, 0.3) is 0 Å². The van der Waals surface area contributed by atoms with E-state index >= 15 is 0 Å². The zero-order chi connectivity index (χ0) is 9.19. The third-order valence-electron chi connectivity index (χ3n) is 1.12. The normalized spacial score (nSPS) is 11.9. The van der Waals surface area contributed by atoms with Gasteiger partial charge in [0.2, 0.25) is 0 Å². The van der Waals surface area contributed by atoms with Crippen molar-refractivity contribution in [3.63, 3.8) is 0 Å². The molecule has 0 bridgehead atoms. The summed E-state index contributed by atoms with van der Waals surface area (Å²) in [5.41, 5.74) is -0.229. The maximum absolute atomic E-state index is 10.6. The summed E-state index contributed by atoms with van der Waals surface area (Å²) >= 11 is 1.61. The first-order valence-electron chi connectivity index (χ1n) is 3.75. The number of H-pyrrole nitrogens is 2. The van der Waals surface area contributed by atoms with E-state index in [-0.39, 0.29) is 5.69 Å². The van der Waals surface area contributed by atoms with Crippen LogP contribution in [0.4, 0.5) is 0 Å². The van der Waals surface area contributed by atoms with Crippen molar-refractivity contribution in [1.82, 2.24) is 15.2 Å². The van der Waals surface area contributed by atoms with Crippen LogP contribution < -0.4 is 5.69 Å². The zero-order valence-electron chi connectivity index (χ0n) is 7.47. The molecule has 1 aromatic rings. The third kappa shape index (κ3) is 3.27. The van der Waals surface area contributed by atoms with Crippen LogP contribution in [0, 0.1) is 0 Å². The fourth-order valence-electron chi connectivity index (χ4n) is 0.608. The van der Waals surface area contributed by atoms with Crippen molar-refractivity contribution in [2.24, 2.45) is 0 Å². The van der Waals surface area contributed by atoms with Crippen molar-refractivity contribution in [2.45, 2.75) is 24.8 Å². The molecule has 0 fully saturated rings. The molecule has 1 aromatic heterocycles. The number of aromatic nitrogens is 3. The number of nitrogens with one attached hydrogen (secondary N) is 2. The van der Waals surface area contributed by atoms with Gasteiger partial charge in [-0.1, -0.05) is 31.4 Å². The van der Waals surface area contributed by atoms with Gasteiger partial charge in [-0.15, -0.1) is 5.10 Å². The predicted molar refractivity (Wildman–Crippen MR) is 53.3 cm³/mol. The molecule has 0 aliphatic rings. The third-order valence-corrected chi connectivity index (χ3v) is 5.63. The maximum atomic E-state index is 10.6. The van der Waals surface area contributed by atoms with E-state index in [1.54, 1.807) is 11.8 Å². The molecule has 1 rings (SSSR count). The van der Waals surface area contributed by atoms with Crippen molar-refractivity contribution in [2.75, 3.05) is 5.38 Å². The van der Waals surface area contributed by atoms with E-state index < -0.39 is 8.07 Å². The van der Waals surface area contributed by atoms with Crippen molar-refractivity contribution in [3.05, 3.63) is 10.5 Å². The lowest BCUT2D eigenvalue weighted by Gasteiger charge is -2.12. The summed E-state index contributed by atoms with van der Waals surface area (Å²) in [6.45, 7) is 6.85. The SMILES string of the molecule is C[Si](C)(C)CSc1n[nH]c(=O)[nH]1. The lowest BCUT2D eigenvalue weighted by molar-refractivity contribution is 0.972. The molecule has 0 aliphatic carbocycles. The predicted octanol–water partition coefficient (Wildman–Crippen LogP) is 1.07. The van der Waals surface area contributed by atoms with Gasteiger partial charge in [-0.05, 0) is 5.38 Å². The van der Waals surface area contributed by atoms with Gasteiger partial charge in [0.05, 0.1) is 8.07 Å². The Morgan fingerprint density at radius 3 is 2.58 bits per heavy atom. The number of nitrogens with zero attached hydrogens (tertiary/aromatic N) is 1. The number of hydrogen-bond acceptors (Lipinski definition) is 3. The lowest BCUT2D eigenvalue weighted by atomic mass is 11.3. The quantitative estimate of drug-likeness (QED) is 0.570. The van der Waals surface area contributed by atoms with Crippen molar-refractivity contribution >= 4 is 19.8 Å². The summed E-state index contributed by atoms with van der Waals surface area (Å²) in [7, 11) is -1.04. The Hall–Kier alpha value is -0.493. The molecule has 4 nitrogen and oxygen atoms in total. The summed E-state index contributed by atoms with van der Waals surface area (Å²) < 4.78 is 0. The number of aromatic amines is 2. The molecule has 6 heteroatoms. The highest BCUT2D eigenvalue weighted by molar-refractivity contribution is 8.00. The average Bonchev–Trinajstić information content (AvgIpc) is 2.30. The van der Waals surface area contributed by atoms with Gasteiger partial charge in [0.1, 0.15) is 0 Å². The lowest BCUT2D eigenvalue weighted by Crippen LogP contribution is -2.23. The van der Waals surface area contributed by atoms with Crippen LogP contribution in [-0.4, -0.2) is 28.6 Å². The van der Waals surface area contributed by atoms with Gasteiger partial charge in [-0.3, -0.25) is 4.98 Å². The van der Waals surface area contributed by atoms with Crippen LogP contribution in [0.1, 0.15) is 0 Å². The van der Waals surface area contributed by atoms with Gasteiger partial charge in [0, 0.05) is 0 Å². The molecule has 0 aromatic carbocycles. The summed E-state index contributed by atoms with van der Waals surface area (Å²) in [6, 6.07) is 0. The Balaban J connectivity index is 2.49. The molecular formula is C6H13N3OSSi. The van der Waals surface area contributed by atoms with Gasteiger partial charge >= 0.3 is 5.69 Å². The molecule has 0 saturated carbocycles. The molecule has 12 heavy (non-hydrogen) atoms. The van der Waals surface area contributed by atoms with Crippen LogP contribution in [0.2, 0.25) is 19.6 Å². The van der Waals surface area contributed by atoms with E-state index in [0.717, 1.165) is 5.38 Å². The Kier molecular flexibility index (Phi) is 2.79. The van der Waals surface area contributed by atoms with Gasteiger partial charge in [-0.2, -0.15) is 0 Å². The molecule has 0 unspecified atom stereocenters. The standard InChI is InChI=1S/C6H13N3OSSi/c1-12(2,3)4-11-6-7-5(10)8-9-6/h4H2,1-3H3,(H2,7,8,9,10). The van der Waals surface area contributed by atoms with Gasteiger partial charge in [0.15, 0.2) is 5.16 Å². The molecule has 0 atom stereocenters. The molecular weight excluding hydrogens is 190 g/mol. The summed E-state index contributed by atoms with van der Waals surface area (Å²) in [6.07, 6.45) is 0. The number of thioether (sulfide) groups is 1. The van der Waals surface area contributed by atoms with Crippen LogP contribution >= 0.6 is 11.8 Å². The van der Waals surface area contributed by atoms with Crippen molar-refractivity contribution in [3.8, 4) is 0 Å². The fraction of sp³-hybridized carbons (Fsp3) is 0.667. The van der Waals surface area contributed by atoms with E-state index in [1.807, 2.05) is 0 Å². The van der Waals surface area contributed by atoms with Crippen LogP contribution in [-0.2, 0) is 0 Å². The summed E-state index contributed by atoms with van der Waals surface area (Å²) in [4.78, 5) is 13.3. The first kappa shape index (κ1) is 9.59. The first-order chi connectivity index (χ1) is 5.47. The molecule has 0 spiro atoms. The number of rotatable bonds is 3. The topological polar surface area (TPSA) is 61.5 Å². The summed E-state index contributed by atoms with van der Waals surface area (Å²) in [5, 5.41) is 7.92. The van der Waals surface area contributed by atoms with E-state index in [4.69, 9.17) is 0 Å². The first-order valence-corrected chi connectivity index (χ1v) is 8.44. The van der Waals surface area contributed by atoms with Gasteiger partial charge in [-0.25, -0.2) is 9.89 Å². The second-order valence-corrected chi connectivity index (χ2v) is 10.8. The monoisotopic (exact) mass is 203 g/mol. The minimum Gasteiger partial charge on any atom is -0.284 e. The highest BCUT2D eigenvalue weighted by Gasteiger charge is 2.14. The summed E-state index contributed by atoms with van der Waals surface area (Å²) in [5.74, 6) is 0. The molecule has 0 amide bonds. The Bertz CT molecular complexity index is 300. The van der Waals surface area contributed by atoms with Crippen LogP contribution in [0.15, 0.2) is 9.95 Å². The van der Waals surface area contributed by atoms with Crippen molar-refractivity contribution in [1.29, 1.82) is 0 Å². The van der Waals surface area contributed by atoms with E-state index in [1.165, 1.54) is 0 Å². The second kappa shape index (κ2) is 3.49. The van der Waals surface area contributed by atoms with Crippen LogP contribution in [0.3, 0.4) is 0 Å². The molecule has 2 N–H and O–H groups in total. The molecule has 0 aliphatic heterocycles. The highest BCUT2D eigenvalue weighted by Crippen LogP contribution is 2.16. The Morgan fingerprint density at radius 2 is 2.17 bits per heavy atom. The minimum absolute atomic E-state index is 0.229. The molecule has 1 heterocycles. The minimum atomic E-state index is -1.04. The van der Waals surface area contributed by atoms with Crippen LogP contribution in [0.5, 0.6) is 0 Å². The molecule has 0 radical (unpaired) electrons. The van der Waals surface area contributed by atoms with E-state index in [0.29, 0.717) is 5.16 Å².